The Kier molecular flexibility index (Phi) is 9.12. The molecule has 1 aliphatic rings. The molecule has 180 valence electrons. The fraction of sp³-hybridized carbons (Fsp3) is 0.684. The lowest BCUT2D eigenvalue weighted by molar-refractivity contribution is -0.293. The highest BCUT2D eigenvalue weighted by Crippen LogP contribution is 2.39. The maximum absolute atomic E-state index is 11.8. The molecule has 1 fully saturated rings. The van der Waals surface area contributed by atoms with E-state index >= 15 is 0 Å². The van der Waals surface area contributed by atoms with Crippen molar-refractivity contribution in [1.82, 2.24) is 0 Å². The van der Waals surface area contributed by atoms with Crippen LogP contribution in [0.5, 0.6) is 0 Å². The average Bonchev–Trinajstić information content (AvgIpc) is 2.61. The molecular weight excluding hydrogens is 436 g/mol. The number of rotatable bonds is 7. The van der Waals surface area contributed by atoms with E-state index in [4.69, 9.17) is 28.4 Å². The molecule has 0 aromatic heterocycles. The Balaban J connectivity index is 3.79. The first-order valence-corrected chi connectivity index (χ1v) is 9.40. The summed E-state index contributed by atoms with van der Waals surface area (Å²) in [5.74, 6) is -5.60. The summed E-state index contributed by atoms with van der Waals surface area (Å²) in [5, 5.41) is 11.5. The van der Waals surface area contributed by atoms with E-state index in [1.54, 1.807) is 0 Å². The fourth-order valence-corrected chi connectivity index (χ4v) is 3.31. The lowest BCUT2D eigenvalue weighted by Gasteiger charge is -2.51. The number of hydrogen-bond donors (Lipinski definition) is 1. The highest BCUT2D eigenvalue weighted by molar-refractivity contribution is 5.70. The van der Waals surface area contributed by atoms with Gasteiger partial charge in [0.1, 0.15) is 6.61 Å². The second-order valence-corrected chi connectivity index (χ2v) is 7.05. The van der Waals surface area contributed by atoms with Crippen molar-refractivity contribution < 1.29 is 62.3 Å². The molecule has 2 unspecified atom stereocenters. The molecule has 6 atom stereocenters. The molecule has 32 heavy (non-hydrogen) atoms. The standard InChI is InChI=1S/C19H26O13/c1-8(20)27-7-19(26)17(31-12(5)24)15(29-10(3)22)14(28-9(2)21)16(30-11(4)23)18(19)32-13(6)25/h14-18,26H,7H2,1-6H3/t14?,15-,16-,17-,18+,19?/m0/s1. The van der Waals surface area contributed by atoms with Gasteiger partial charge in [-0.2, -0.15) is 0 Å². The molecule has 0 heterocycles. The van der Waals surface area contributed by atoms with Crippen LogP contribution in [0.4, 0.5) is 0 Å². The van der Waals surface area contributed by atoms with Crippen LogP contribution in [0.25, 0.3) is 0 Å². The molecule has 1 N–H and O–H groups in total. The molecule has 0 aromatic carbocycles. The van der Waals surface area contributed by atoms with Crippen LogP contribution in [-0.4, -0.2) is 83.7 Å². The first-order valence-electron chi connectivity index (χ1n) is 9.40. The number of ether oxygens (including phenoxy) is 6. The highest BCUT2D eigenvalue weighted by atomic mass is 16.7. The van der Waals surface area contributed by atoms with Gasteiger partial charge in [-0.15, -0.1) is 0 Å². The quantitative estimate of drug-likeness (QED) is 0.358. The van der Waals surface area contributed by atoms with E-state index in [1.165, 1.54) is 0 Å². The lowest BCUT2D eigenvalue weighted by Crippen LogP contribution is -2.75. The van der Waals surface area contributed by atoms with Gasteiger partial charge in [0.05, 0.1) is 0 Å². The molecule has 1 saturated carbocycles. The summed E-state index contributed by atoms with van der Waals surface area (Å²) in [6.45, 7) is 4.99. The van der Waals surface area contributed by atoms with Crippen LogP contribution in [0.3, 0.4) is 0 Å². The smallest absolute Gasteiger partial charge is 0.303 e. The van der Waals surface area contributed by atoms with Gasteiger partial charge in [0.25, 0.3) is 0 Å². The molecule has 13 nitrogen and oxygen atoms in total. The molecule has 0 amide bonds. The summed E-state index contributed by atoms with van der Waals surface area (Å²) in [6, 6.07) is 0. The van der Waals surface area contributed by atoms with Gasteiger partial charge in [0.15, 0.2) is 36.1 Å². The molecule has 0 spiro atoms. The first-order chi connectivity index (χ1) is 14.7. The van der Waals surface area contributed by atoms with Crippen molar-refractivity contribution in [3.63, 3.8) is 0 Å². The summed E-state index contributed by atoms with van der Waals surface area (Å²) in [6.07, 6.45) is -8.90. The largest absolute Gasteiger partial charge is 0.462 e. The Morgan fingerprint density at radius 2 is 0.875 bits per heavy atom. The van der Waals surface area contributed by atoms with Crippen molar-refractivity contribution in [1.29, 1.82) is 0 Å². The number of hydrogen-bond acceptors (Lipinski definition) is 13. The Hall–Kier alpha value is -3.22. The fourth-order valence-electron chi connectivity index (χ4n) is 3.31. The summed E-state index contributed by atoms with van der Waals surface area (Å²) >= 11 is 0. The van der Waals surface area contributed by atoms with E-state index in [1.807, 2.05) is 0 Å². The number of aliphatic hydroxyl groups is 1. The molecule has 1 aliphatic carbocycles. The monoisotopic (exact) mass is 462 g/mol. The summed E-state index contributed by atoms with van der Waals surface area (Å²) in [7, 11) is 0. The molecule has 13 heteroatoms. The van der Waals surface area contributed by atoms with Crippen LogP contribution in [0.15, 0.2) is 0 Å². The van der Waals surface area contributed by atoms with Crippen LogP contribution < -0.4 is 0 Å². The third-order valence-corrected chi connectivity index (χ3v) is 4.23. The number of carbonyl (C=O) groups excluding carboxylic acids is 6. The van der Waals surface area contributed by atoms with Crippen molar-refractivity contribution in [3.05, 3.63) is 0 Å². The van der Waals surface area contributed by atoms with Crippen LogP contribution in [0.1, 0.15) is 41.5 Å². The third kappa shape index (κ3) is 6.90. The lowest BCUT2D eigenvalue weighted by atomic mass is 9.74. The van der Waals surface area contributed by atoms with Crippen LogP contribution in [0, 0.1) is 0 Å². The Morgan fingerprint density at radius 3 is 1.16 bits per heavy atom. The molecule has 0 aromatic rings. The van der Waals surface area contributed by atoms with E-state index in [2.05, 4.69) is 0 Å². The second-order valence-electron chi connectivity index (χ2n) is 7.05. The van der Waals surface area contributed by atoms with Crippen molar-refractivity contribution in [2.75, 3.05) is 6.61 Å². The summed E-state index contributed by atoms with van der Waals surface area (Å²) in [5.41, 5.74) is -2.58. The molecule has 0 radical (unpaired) electrons. The Bertz CT molecular complexity index is 729. The van der Waals surface area contributed by atoms with E-state index in [-0.39, 0.29) is 0 Å². The highest BCUT2D eigenvalue weighted by Gasteiger charge is 2.67. The van der Waals surface area contributed by atoms with Gasteiger partial charge >= 0.3 is 35.8 Å². The first kappa shape index (κ1) is 26.8. The third-order valence-electron chi connectivity index (χ3n) is 4.23. The van der Waals surface area contributed by atoms with Gasteiger partial charge in [0, 0.05) is 41.5 Å². The van der Waals surface area contributed by atoms with Crippen molar-refractivity contribution in [2.24, 2.45) is 0 Å². The van der Waals surface area contributed by atoms with Gasteiger partial charge in [-0.3, -0.25) is 28.8 Å². The second kappa shape index (κ2) is 10.9. The zero-order valence-corrected chi connectivity index (χ0v) is 18.4. The van der Waals surface area contributed by atoms with Crippen molar-refractivity contribution in [3.8, 4) is 0 Å². The minimum atomic E-state index is -2.58. The van der Waals surface area contributed by atoms with Gasteiger partial charge in [-0.25, -0.2) is 0 Å². The van der Waals surface area contributed by atoms with E-state index in [0.29, 0.717) is 0 Å². The SMILES string of the molecule is CC(=O)OCC1(O)[C@H](OC(C)=O)[C@@H](OC(C)=O)C(OC(C)=O)[C@H](OC(C)=O)[C@@H]1OC(C)=O. The predicted octanol–water partition coefficient (Wildman–Crippen LogP) is -1.05. The zero-order chi connectivity index (χ0) is 24.8. The molecule has 0 saturated heterocycles. The molecular formula is C19H26O13. The van der Waals surface area contributed by atoms with Crippen molar-refractivity contribution >= 4 is 35.8 Å². The number of carbonyl (C=O) groups is 6. The maximum Gasteiger partial charge on any atom is 0.303 e. The average molecular weight is 462 g/mol. The van der Waals surface area contributed by atoms with Gasteiger partial charge < -0.3 is 33.5 Å². The van der Waals surface area contributed by atoms with Crippen LogP contribution in [-0.2, 0) is 57.2 Å². The normalized spacial score (nSPS) is 29.2. The predicted molar refractivity (Wildman–Crippen MR) is 99.4 cm³/mol. The zero-order valence-electron chi connectivity index (χ0n) is 18.4. The van der Waals surface area contributed by atoms with Gasteiger partial charge in [-0.05, 0) is 0 Å². The minimum absolute atomic E-state index is 0.864. The molecule has 0 aliphatic heterocycles. The molecule has 1 rings (SSSR count). The summed E-state index contributed by atoms with van der Waals surface area (Å²) in [4.78, 5) is 70.3. The van der Waals surface area contributed by atoms with Gasteiger partial charge in [-0.1, -0.05) is 0 Å². The minimum Gasteiger partial charge on any atom is -0.462 e. The summed E-state index contributed by atoms with van der Waals surface area (Å²) < 4.78 is 30.7. The Morgan fingerprint density at radius 1 is 0.562 bits per heavy atom. The number of esters is 6. The molecule has 0 bridgehead atoms. The van der Waals surface area contributed by atoms with E-state index < -0.39 is 78.5 Å². The van der Waals surface area contributed by atoms with Crippen molar-refractivity contribution in [2.45, 2.75) is 77.7 Å². The topological polar surface area (TPSA) is 178 Å². The Labute approximate surface area is 183 Å². The van der Waals surface area contributed by atoms with Crippen LogP contribution in [0.2, 0.25) is 0 Å². The van der Waals surface area contributed by atoms with E-state index in [0.717, 1.165) is 41.5 Å². The van der Waals surface area contributed by atoms with E-state index in [9.17, 15) is 33.9 Å². The van der Waals surface area contributed by atoms with Crippen LogP contribution >= 0.6 is 0 Å². The maximum atomic E-state index is 11.8. The van der Waals surface area contributed by atoms with Gasteiger partial charge in [0.2, 0.25) is 0 Å².